The van der Waals surface area contributed by atoms with E-state index in [1.54, 1.807) is 0 Å². The third-order valence-electron chi connectivity index (χ3n) is 3.31. The Morgan fingerprint density at radius 3 is 2.04 bits per heavy atom. The summed E-state index contributed by atoms with van der Waals surface area (Å²) in [5.41, 5.74) is 5.75. The van der Waals surface area contributed by atoms with E-state index in [2.05, 4.69) is 5.32 Å². The Kier molecular flexibility index (Phi) is 8.99. The zero-order valence-electron chi connectivity index (χ0n) is 14.5. The molecule has 0 saturated heterocycles. The predicted octanol–water partition coefficient (Wildman–Crippen LogP) is 2.88. The number of hydrogen-bond acceptors (Lipinski definition) is 4. The Balaban J connectivity index is 0.00000129. The van der Waals surface area contributed by atoms with Gasteiger partial charge >= 0.3 is 6.18 Å². The largest absolute Gasteiger partial charge is 0.481 e. The summed E-state index contributed by atoms with van der Waals surface area (Å²) in [5, 5.41) is 10.1. The van der Waals surface area contributed by atoms with Crippen molar-refractivity contribution in [3.05, 3.63) is 35.4 Å². The molecule has 1 aromatic carbocycles. The minimum atomic E-state index is -4.35. The number of nitrogens with two attached hydrogens (primary N) is 1. The van der Waals surface area contributed by atoms with E-state index in [0.717, 1.165) is 19.1 Å². The number of carbonyl (C=O) groups excluding carboxylic acids is 1. The van der Waals surface area contributed by atoms with Crippen LogP contribution >= 0.6 is 11.8 Å². The van der Waals surface area contributed by atoms with Crippen molar-refractivity contribution in [2.75, 3.05) is 6.26 Å². The highest BCUT2D eigenvalue weighted by Crippen LogP contribution is 2.29. The van der Waals surface area contributed by atoms with Gasteiger partial charge in [0.15, 0.2) is 0 Å². The minimum absolute atomic E-state index is 0.148. The molecule has 0 radical (unpaired) electrons. The first-order valence-electron chi connectivity index (χ1n) is 7.25. The number of carbonyl (C=O) groups is 2. The van der Waals surface area contributed by atoms with Crippen LogP contribution in [0.4, 0.5) is 13.2 Å². The second kappa shape index (κ2) is 9.67. The van der Waals surface area contributed by atoms with Crippen LogP contribution in [0.3, 0.4) is 0 Å². The Morgan fingerprint density at radius 2 is 1.68 bits per heavy atom. The molecule has 1 atom stereocenters. The third kappa shape index (κ3) is 8.78. The highest BCUT2D eigenvalue weighted by Gasteiger charge is 2.31. The molecule has 0 bridgehead atoms. The lowest BCUT2D eigenvalue weighted by molar-refractivity contribution is -0.137. The van der Waals surface area contributed by atoms with Crippen LogP contribution in [-0.2, 0) is 22.3 Å². The van der Waals surface area contributed by atoms with Crippen LogP contribution in [0, 0.1) is 0 Å². The van der Waals surface area contributed by atoms with Gasteiger partial charge in [-0.05, 0) is 37.8 Å². The van der Waals surface area contributed by atoms with Gasteiger partial charge in [0.25, 0.3) is 5.97 Å². The number of carboxylic acids is 1. The standard InChI is InChI=1S/C14H19F3N2OS.C2H4O2/c1-13(2,21-3)11(18)12(20)19-8-9-4-6-10(7-5-9)14(15,16)17;1-2(3)4/h4-7,11H,8,18H2,1-3H3,(H,19,20);1H3,(H,3,4)/t11-;/m1./s1. The molecule has 142 valence electrons. The van der Waals surface area contributed by atoms with Gasteiger partial charge in [-0.1, -0.05) is 12.1 Å². The number of nitrogens with one attached hydrogen (secondary N) is 1. The van der Waals surface area contributed by atoms with Crippen LogP contribution in [0.2, 0.25) is 0 Å². The lowest BCUT2D eigenvalue weighted by Crippen LogP contribution is -2.51. The molecule has 5 nitrogen and oxygen atoms in total. The molecule has 0 saturated carbocycles. The molecule has 0 fully saturated rings. The Labute approximate surface area is 149 Å². The number of thioether (sulfide) groups is 1. The maximum atomic E-state index is 12.4. The van der Waals surface area contributed by atoms with Gasteiger partial charge in [0, 0.05) is 18.2 Å². The summed E-state index contributed by atoms with van der Waals surface area (Å²) >= 11 is 1.48. The first-order valence-corrected chi connectivity index (χ1v) is 8.48. The highest BCUT2D eigenvalue weighted by atomic mass is 32.2. The SMILES string of the molecule is CC(=O)O.CSC(C)(C)[C@H](N)C(=O)NCc1ccc(C(F)(F)F)cc1. The van der Waals surface area contributed by atoms with Gasteiger partial charge in [-0.2, -0.15) is 24.9 Å². The average molecular weight is 380 g/mol. The van der Waals surface area contributed by atoms with E-state index in [4.69, 9.17) is 15.6 Å². The first-order chi connectivity index (χ1) is 11.3. The quantitative estimate of drug-likeness (QED) is 0.730. The van der Waals surface area contributed by atoms with Gasteiger partial charge in [0.05, 0.1) is 11.6 Å². The van der Waals surface area contributed by atoms with Crippen LogP contribution in [0.1, 0.15) is 31.9 Å². The van der Waals surface area contributed by atoms with Crippen molar-refractivity contribution in [2.24, 2.45) is 5.73 Å². The number of aliphatic carboxylic acids is 1. The maximum absolute atomic E-state index is 12.4. The molecule has 0 aliphatic rings. The summed E-state index contributed by atoms with van der Waals surface area (Å²) in [7, 11) is 0. The normalized spacial score (nSPS) is 12.6. The molecule has 0 spiro atoms. The molecule has 0 aromatic heterocycles. The summed E-state index contributed by atoms with van der Waals surface area (Å²) < 4.78 is 36.9. The van der Waals surface area contributed by atoms with E-state index in [0.29, 0.717) is 5.56 Å². The maximum Gasteiger partial charge on any atom is 0.416 e. The molecule has 1 amide bonds. The molecular formula is C16H23F3N2O3S. The van der Waals surface area contributed by atoms with E-state index in [-0.39, 0.29) is 12.5 Å². The van der Waals surface area contributed by atoms with Gasteiger partial charge in [0.2, 0.25) is 5.91 Å². The van der Waals surface area contributed by atoms with Gasteiger partial charge in [-0.3, -0.25) is 9.59 Å². The zero-order chi connectivity index (χ0) is 19.8. The molecule has 1 aromatic rings. The number of hydrogen-bond donors (Lipinski definition) is 3. The van der Waals surface area contributed by atoms with Crippen molar-refractivity contribution >= 4 is 23.6 Å². The number of rotatable bonds is 5. The van der Waals surface area contributed by atoms with Gasteiger partial charge < -0.3 is 16.2 Å². The smallest absolute Gasteiger partial charge is 0.416 e. The molecule has 0 aliphatic carbocycles. The number of carboxylic acid groups (broad SMARTS) is 1. The van der Waals surface area contributed by atoms with Crippen molar-refractivity contribution in [3.8, 4) is 0 Å². The number of amides is 1. The lowest BCUT2D eigenvalue weighted by atomic mass is 10.0. The molecule has 4 N–H and O–H groups in total. The van der Waals surface area contributed by atoms with Crippen molar-refractivity contribution in [1.29, 1.82) is 0 Å². The van der Waals surface area contributed by atoms with Crippen LogP contribution in [-0.4, -0.2) is 34.0 Å². The molecule has 25 heavy (non-hydrogen) atoms. The van der Waals surface area contributed by atoms with E-state index >= 15 is 0 Å². The summed E-state index contributed by atoms with van der Waals surface area (Å²) in [6.07, 6.45) is -2.49. The zero-order valence-corrected chi connectivity index (χ0v) is 15.3. The van der Waals surface area contributed by atoms with E-state index in [9.17, 15) is 18.0 Å². The molecule has 9 heteroatoms. The minimum Gasteiger partial charge on any atom is -0.481 e. The number of benzene rings is 1. The number of halogens is 3. The van der Waals surface area contributed by atoms with Crippen LogP contribution in [0.25, 0.3) is 0 Å². The van der Waals surface area contributed by atoms with Crippen molar-refractivity contribution in [3.63, 3.8) is 0 Å². The van der Waals surface area contributed by atoms with Gasteiger partial charge in [-0.25, -0.2) is 0 Å². The summed E-state index contributed by atoms with van der Waals surface area (Å²) in [4.78, 5) is 20.9. The number of alkyl halides is 3. The Morgan fingerprint density at radius 1 is 1.24 bits per heavy atom. The van der Waals surface area contributed by atoms with E-state index in [1.165, 1.54) is 23.9 Å². The fourth-order valence-corrected chi connectivity index (χ4v) is 1.91. The first kappa shape index (κ1) is 23.3. The lowest BCUT2D eigenvalue weighted by Gasteiger charge is -2.28. The topological polar surface area (TPSA) is 92.4 Å². The summed E-state index contributed by atoms with van der Waals surface area (Å²) in [6, 6.07) is 3.98. The van der Waals surface area contributed by atoms with Gasteiger partial charge in [0.1, 0.15) is 0 Å². The van der Waals surface area contributed by atoms with Crippen molar-refractivity contribution in [1.82, 2.24) is 5.32 Å². The fourth-order valence-electron chi connectivity index (χ4n) is 1.55. The Hall–Kier alpha value is -1.74. The van der Waals surface area contributed by atoms with Crippen molar-refractivity contribution < 1.29 is 27.9 Å². The van der Waals surface area contributed by atoms with Crippen LogP contribution < -0.4 is 11.1 Å². The van der Waals surface area contributed by atoms with Crippen molar-refractivity contribution in [2.45, 2.75) is 44.3 Å². The molecule has 0 unspecified atom stereocenters. The summed E-state index contributed by atoms with van der Waals surface area (Å²) in [6.45, 7) is 4.95. The average Bonchev–Trinajstić information content (AvgIpc) is 2.50. The third-order valence-corrected chi connectivity index (χ3v) is 4.61. The highest BCUT2D eigenvalue weighted by molar-refractivity contribution is 8.00. The Bertz CT molecular complexity index is 571. The van der Waals surface area contributed by atoms with Gasteiger partial charge in [-0.15, -0.1) is 0 Å². The van der Waals surface area contributed by atoms with Crippen LogP contribution in [0.15, 0.2) is 24.3 Å². The summed E-state index contributed by atoms with van der Waals surface area (Å²) in [5.74, 6) is -1.16. The monoisotopic (exact) mass is 380 g/mol. The predicted molar refractivity (Wildman–Crippen MR) is 92.2 cm³/mol. The van der Waals surface area contributed by atoms with E-state index < -0.39 is 28.5 Å². The molecule has 1 rings (SSSR count). The molecule has 0 heterocycles. The second-order valence-corrected chi connectivity index (χ2v) is 7.18. The fraction of sp³-hybridized carbons (Fsp3) is 0.500. The van der Waals surface area contributed by atoms with Crippen LogP contribution in [0.5, 0.6) is 0 Å². The molecule has 0 aliphatic heterocycles. The van der Waals surface area contributed by atoms with E-state index in [1.807, 2.05) is 20.1 Å². The second-order valence-electron chi connectivity index (χ2n) is 5.72. The molecular weight excluding hydrogens is 357 g/mol.